The summed E-state index contributed by atoms with van der Waals surface area (Å²) in [5.41, 5.74) is 5.37. The highest BCUT2D eigenvalue weighted by atomic mass is 19.4. The van der Waals surface area contributed by atoms with E-state index in [0.29, 0.717) is 12.5 Å². The Morgan fingerprint density at radius 1 is 1.22 bits per heavy atom. The van der Waals surface area contributed by atoms with Crippen LogP contribution in [0.1, 0.15) is 32.6 Å². The summed E-state index contributed by atoms with van der Waals surface area (Å²) in [4.78, 5) is 0. The van der Waals surface area contributed by atoms with Crippen LogP contribution in [-0.4, -0.2) is 38.1 Å². The number of halogens is 3. The first-order valence-corrected chi connectivity index (χ1v) is 6.35. The molecule has 0 aliphatic heterocycles. The third kappa shape index (κ3) is 5.54. The van der Waals surface area contributed by atoms with Gasteiger partial charge in [-0.3, -0.25) is 0 Å². The molecule has 0 amide bonds. The first-order valence-electron chi connectivity index (χ1n) is 6.35. The second kappa shape index (κ2) is 6.73. The minimum atomic E-state index is -4.27. The van der Waals surface area contributed by atoms with Crippen LogP contribution < -0.4 is 5.73 Å². The molecule has 0 bridgehead atoms. The van der Waals surface area contributed by atoms with Crippen LogP contribution >= 0.6 is 0 Å². The molecular formula is C12H22F3NO2. The molecule has 1 saturated carbocycles. The average Bonchev–Trinajstić information content (AvgIpc) is 2.30. The fourth-order valence-electron chi connectivity index (χ4n) is 2.20. The van der Waals surface area contributed by atoms with Crippen LogP contribution in [-0.2, 0) is 9.47 Å². The van der Waals surface area contributed by atoms with Crippen molar-refractivity contribution in [3.05, 3.63) is 0 Å². The topological polar surface area (TPSA) is 44.5 Å². The van der Waals surface area contributed by atoms with Crippen molar-refractivity contribution < 1.29 is 22.6 Å². The number of alkyl halides is 3. The lowest BCUT2D eigenvalue weighted by atomic mass is 9.79. The molecule has 0 aromatic heterocycles. The summed E-state index contributed by atoms with van der Waals surface area (Å²) < 4.78 is 45.7. The standard InChI is InChI=1S/C12H22F3NO2/c1-10-2-4-11(8-16,5-3-10)18-7-6-17-9-12(13,14)15/h10H,2-9,16H2,1H3. The van der Waals surface area contributed by atoms with Gasteiger partial charge in [0.1, 0.15) is 6.61 Å². The quantitative estimate of drug-likeness (QED) is 0.753. The fraction of sp³-hybridized carbons (Fsp3) is 1.00. The molecule has 1 aliphatic rings. The summed E-state index contributed by atoms with van der Waals surface area (Å²) in [5, 5.41) is 0. The Morgan fingerprint density at radius 3 is 2.33 bits per heavy atom. The molecule has 0 spiro atoms. The predicted molar refractivity (Wildman–Crippen MR) is 62.2 cm³/mol. The first kappa shape index (κ1) is 15.7. The lowest BCUT2D eigenvalue weighted by molar-refractivity contribution is -0.180. The Kier molecular flexibility index (Phi) is 5.88. The van der Waals surface area contributed by atoms with Gasteiger partial charge in [0, 0.05) is 6.54 Å². The highest BCUT2D eigenvalue weighted by Crippen LogP contribution is 2.33. The van der Waals surface area contributed by atoms with E-state index in [9.17, 15) is 13.2 Å². The summed E-state index contributed by atoms with van der Waals surface area (Å²) in [7, 11) is 0. The monoisotopic (exact) mass is 269 g/mol. The lowest BCUT2D eigenvalue weighted by Gasteiger charge is -2.38. The maximum absolute atomic E-state index is 11.8. The van der Waals surface area contributed by atoms with E-state index < -0.39 is 12.8 Å². The molecular weight excluding hydrogens is 247 g/mol. The normalized spacial score (nSPS) is 29.5. The molecule has 1 fully saturated rings. The maximum atomic E-state index is 11.8. The van der Waals surface area contributed by atoms with Gasteiger partial charge in [0.05, 0.1) is 18.8 Å². The fourth-order valence-corrected chi connectivity index (χ4v) is 2.20. The van der Waals surface area contributed by atoms with E-state index >= 15 is 0 Å². The SMILES string of the molecule is CC1CCC(CN)(OCCOCC(F)(F)F)CC1. The second-order valence-corrected chi connectivity index (χ2v) is 5.09. The van der Waals surface area contributed by atoms with E-state index in [4.69, 9.17) is 10.5 Å². The number of nitrogens with two attached hydrogens (primary N) is 1. The third-order valence-electron chi connectivity index (χ3n) is 3.46. The van der Waals surface area contributed by atoms with E-state index in [1.807, 2.05) is 0 Å². The largest absolute Gasteiger partial charge is 0.411 e. The van der Waals surface area contributed by atoms with Crippen molar-refractivity contribution in [1.82, 2.24) is 0 Å². The molecule has 0 aromatic rings. The molecule has 18 heavy (non-hydrogen) atoms. The number of ether oxygens (including phenoxy) is 2. The van der Waals surface area contributed by atoms with E-state index in [1.165, 1.54) is 0 Å². The van der Waals surface area contributed by atoms with Gasteiger partial charge in [-0.25, -0.2) is 0 Å². The maximum Gasteiger partial charge on any atom is 0.411 e. The minimum Gasteiger partial charge on any atom is -0.371 e. The Bertz CT molecular complexity index is 238. The molecule has 0 saturated heterocycles. The average molecular weight is 269 g/mol. The van der Waals surface area contributed by atoms with Crippen LogP contribution in [0.5, 0.6) is 0 Å². The van der Waals surface area contributed by atoms with Gasteiger partial charge in [0.25, 0.3) is 0 Å². The van der Waals surface area contributed by atoms with Gasteiger partial charge in [-0.2, -0.15) is 13.2 Å². The number of hydrogen-bond acceptors (Lipinski definition) is 3. The molecule has 0 aromatic carbocycles. The number of rotatable bonds is 6. The van der Waals surface area contributed by atoms with Gasteiger partial charge in [-0.15, -0.1) is 0 Å². The number of hydrogen-bond donors (Lipinski definition) is 1. The second-order valence-electron chi connectivity index (χ2n) is 5.09. The zero-order chi connectivity index (χ0) is 13.6. The van der Waals surface area contributed by atoms with Crippen molar-refractivity contribution >= 4 is 0 Å². The van der Waals surface area contributed by atoms with Crippen molar-refractivity contribution in [3.8, 4) is 0 Å². The van der Waals surface area contributed by atoms with Crippen molar-refractivity contribution in [2.45, 2.75) is 44.4 Å². The third-order valence-corrected chi connectivity index (χ3v) is 3.46. The molecule has 0 heterocycles. The van der Waals surface area contributed by atoms with Crippen molar-refractivity contribution in [1.29, 1.82) is 0 Å². The van der Waals surface area contributed by atoms with Crippen molar-refractivity contribution in [2.75, 3.05) is 26.4 Å². The lowest BCUT2D eigenvalue weighted by Crippen LogP contribution is -2.44. The predicted octanol–water partition coefficient (Wildman–Crippen LogP) is 2.49. The van der Waals surface area contributed by atoms with E-state index in [0.717, 1.165) is 25.7 Å². The zero-order valence-corrected chi connectivity index (χ0v) is 10.8. The highest BCUT2D eigenvalue weighted by molar-refractivity contribution is 4.87. The smallest absolute Gasteiger partial charge is 0.371 e. The van der Waals surface area contributed by atoms with Crippen LogP contribution in [0.2, 0.25) is 0 Å². The Labute approximate surface area is 106 Å². The van der Waals surface area contributed by atoms with Gasteiger partial charge in [0.15, 0.2) is 0 Å². The van der Waals surface area contributed by atoms with Crippen LogP contribution in [0, 0.1) is 5.92 Å². The van der Waals surface area contributed by atoms with Crippen LogP contribution in [0.15, 0.2) is 0 Å². The molecule has 2 N–H and O–H groups in total. The summed E-state index contributed by atoms with van der Waals surface area (Å²) >= 11 is 0. The summed E-state index contributed by atoms with van der Waals surface area (Å²) in [6.45, 7) is 1.51. The Balaban J connectivity index is 2.20. The molecule has 1 rings (SSSR count). The van der Waals surface area contributed by atoms with Crippen LogP contribution in [0.3, 0.4) is 0 Å². The molecule has 3 nitrogen and oxygen atoms in total. The molecule has 108 valence electrons. The van der Waals surface area contributed by atoms with Gasteiger partial charge in [0.2, 0.25) is 0 Å². The Hall–Kier alpha value is -0.330. The highest BCUT2D eigenvalue weighted by Gasteiger charge is 2.34. The van der Waals surface area contributed by atoms with Crippen molar-refractivity contribution in [3.63, 3.8) is 0 Å². The van der Waals surface area contributed by atoms with Crippen LogP contribution in [0.25, 0.3) is 0 Å². The van der Waals surface area contributed by atoms with Gasteiger partial charge < -0.3 is 15.2 Å². The first-order chi connectivity index (χ1) is 8.37. The van der Waals surface area contributed by atoms with E-state index in [1.54, 1.807) is 0 Å². The van der Waals surface area contributed by atoms with E-state index in [2.05, 4.69) is 11.7 Å². The Morgan fingerprint density at radius 2 is 1.83 bits per heavy atom. The van der Waals surface area contributed by atoms with E-state index in [-0.39, 0.29) is 18.8 Å². The molecule has 1 aliphatic carbocycles. The molecule has 0 radical (unpaired) electrons. The molecule has 0 atom stereocenters. The summed E-state index contributed by atoms with van der Waals surface area (Å²) in [6, 6.07) is 0. The van der Waals surface area contributed by atoms with Gasteiger partial charge >= 0.3 is 6.18 Å². The van der Waals surface area contributed by atoms with Gasteiger partial charge in [-0.1, -0.05) is 6.92 Å². The van der Waals surface area contributed by atoms with Crippen molar-refractivity contribution in [2.24, 2.45) is 11.7 Å². The minimum absolute atomic E-state index is 0.0448. The zero-order valence-electron chi connectivity index (χ0n) is 10.8. The molecule has 6 heteroatoms. The molecule has 0 unspecified atom stereocenters. The van der Waals surface area contributed by atoms with Crippen LogP contribution in [0.4, 0.5) is 13.2 Å². The summed E-state index contributed by atoms with van der Waals surface area (Å²) in [6.07, 6.45) is -0.402. The van der Waals surface area contributed by atoms with Gasteiger partial charge in [-0.05, 0) is 31.6 Å². The summed E-state index contributed by atoms with van der Waals surface area (Å²) in [5.74, 6) is 0.676.